The third-order valence-corrected chi connectivity index (χ3v) is 7.28. The fourth-order valence-electron chi connectivity index (χ4n) is 5.40. The van der Waals surface area contributed by atoms with Crippen LogP contribution >= 0.6 is 0 Å². The molecule has 1 aliphatic heterocycles. The van der Waals surface area contributed by atoms with Crippen molar-refractivity contribution in [1.29, 1.82) is 0 Å². The van der Waals surface area contributed by atoms with E-state index in [0.29, 0.717) is 12.0 Å². The van der Waals surface area contributed by atoms with Gasteiger partial charge in [-0.3, -0.25) is 19.3 Å². The van der Waals surface area contributed by atoms with Gasteiger partial charge in [0.15, 0.2) is 5.78 Å². The van der Waals surface area contributed by atoms with Crippen LogP contribution < -0.4 is 10.6 Å². The van der Waals surface area contributed by atoms with Crippen LogP contribution in [0.5, 0.6) is 0 Å². The lowest BCUT2D eigenvalue weighted by Crippen LogP contribution is -2.52. The number of halogens is 3. The zero-order valence-corrected chi connectivity index (χ0v) is 20.6. The maximum atomic E-state index is 12.9. The summed E-state index contributed by atoms with van der Waals surface area (Å²) in [5.41, 5.74) is -0.391. The first-order chi connectivity index (χ1) is 17.7. The molecular formula is C28H32F3N3O3. The summed E-state index contributed by atoms with van der Waals surface area (Å²) in [6.45, 7) is 1.37. The van der Waals surface area contributed by atoms with E-state index in [4.69, 9.17) is 0 Å². The summed E-state index contributed by atoms with van der Waals surface area (Å²) >= 11 is 0. The number of hydrogen-bond acceptors (Lipinski definition) is 4. The number of rotatable bonds is 8. The van der Waals surface area contributed by atoms with Crippen molar-refractivity contribution in [2.75, 3.05) is 19.6 Å². The van der Waals surface area contributed by atoms with Gasteiger partial charge in [0.25, 0.3) is 11.8 Å². The van der Waals surface area contributed by atoms with Crippen molar-refractivity contribution in [2.24, 2.45) is 5.92 Å². The minimum atomic E-state index is -4.54. The van der Waals surface area contributed by atoms with Crippen LogP contribution in [0.2, 0.25) is 0 Å². The number of carbonyl (C=O) groups excluding carboxylic acids is 3. The Bertz CT molecular complexity index is 1110. The molecule has 198 valence electrons. The van der Waals surface area contributed by atoms with Gasteiger partial charge in [-0.2, -0.15) is 13.2 Å². The zero-order chi connectivity index (χ0) is 26.4. The van der Waals surface area contributed by atoms with E-state index in [0.717, 1.165) is 57.3 Å². The highest BCUT2D eigenvalue weighted by atomic mass is 19.4. The zero-order valence-electron chi connectivity index (χ0n) is 20.6. The van der Waals surface area contributed by atoms with Crippen molar-refractivity contribution in [3.63, 3.8) is 0 Å². The molecular weight excluding hydrogens is 483 g/mol. The number of nitrogens with one attached hydrogen (secondary N) is 2. The van der Waals surface area contributed by atoms with Gasteiger partial charge in [0, 0.05) is 36.2 Å². The molecule has 2 aromatic carbocycles. The summed E-state index contributed by atoms with van der Waals surface area (Å²) in [6, 6.07) is 13.6. The van der Waals surface area contributed by atoms with E-state index in [2.05, 4.69) is 15.5 Å². The SMILES string of the molecule is O=C(CNC(=O)c1cccc(C(F)(F)F)c1)C[C@@H]1CCN([C@H]2CCCC[C@H]2NC(=O)c2ccccc2)C1. The van der Waals surface area contributed by atoms with Crippen LogP contribution in [0.25, 0.3) is 0 Å². The van der Waals surface area contributed by atoms with Gasteiger partial charge in [0.1, 0.15) is 0 Å². The highest BCUT2D eigenvalue weighted by molar-refractivity contribution is 5.97. The third kappa shape index (κ3) is 7.19. The second kappa shape index (κ2) is 11.9. The molecule has 9 heteroatoms. The Morgan fingerprint density at radius 2 is 1.62 bits per heavy atom. The van der Waals surface area contributed by atoms with Gasteiger partial charge >= 0.3 is 6.18 Å². The van der Waals surface area contributed by atoms with Crippen molar-refractivity contribution >= 4 is 17.6 Å². The Morgan fingerprint density at radius 3 is 2.38 bits per heavy atom. The van der Waals surface area contributed by atoms with E-state index in [1.165, 1.54) is 12.1 Å². The molecule has 2 N–H and O–H groups in total. The molecule has 2 aromatic rings. The van der Waals surface area contributed by atoms with E-state index in [-0.39, 0.29) is 41.8 Å². The lowest BCUT2D eigenvalue weighted by molar-refractivity contribution is -0.137. The number of hydrogen-bond donors (Lipinski definition) is 2. The minimum absolute atomic E-state index is 0.0580. The van der Waals surface area contributed by atoms with Crippen molar-refractivity contribution < 1.29 is 27.6 Å². The number of nitrogens with zero attached hydrogens (tertiary/aromatic N) is 1. The predicted octanol–water partition coefficient (Wildman–Crippen LogP) is 4.46. The fraction of sp³-hybridized carbons (Fsp3) is 0.464. The normalized spacial score (nSPS) is 22.4. The Hall–Kier alpha value is -3.20. The summed E-state index contributed by atoms with van der Waals surface area (Å²) in [5, 5.41) is 5.67. The van der Waals surface area contributed by atoms with E-state index in [9.17, 15) is 27.6 Å². The molecule has 0 aromatic heterocycles. The monoisotopic (exact) mass is 515 g/mol. The Balaban J connectivity index is 1.26. The van der Waals surface area contributed by atoms with E-state index in [1.807, 2.05) is 18.2 Å². The smallest absolute Gasteiger partial charge is 0.348 e. The molecule has 2 aliphatic rings. The highest BCUT2D eigenvalue weighted by Crippen LogP contribution is 2.31. The van der Waals surface area contributed by atoms with E-state index < -0.39 is 17.6 Å². The van der Waals surface area contributed by atoms with Gasteiger partial charge < -0.3 is 10.6 Å². The topological polar surface area (TPSA) is 78.5 Å². The van der Waals surface area contributed by atoms with Crippen LogP contribution in [0.1, 0.15) is 64.8 Å². The summed E-state index contributed by atoms with van der Waals surface area (Å²) in [5.74, 6) is -0.776. The second-order valence-electron chi connectivity index (χ2n) is 9.95. The van der Waals surface area contributed by atoms with Gasteiger partial charge in [0.2, 0.25) is 0 Å². The molecule has 4 rings (SSSR count). The number of benzene rings is 2. The maximum Gasteiger partial charge on any atom is 0.416 e. The quantitative estimate of drug-likeness (QED) is 0.544. The van der Waals surface area contributed by atoms with Gasteiger partial charge in [-0.25, -0.2) is 0 Å². The number of ketones is 1. The molecule has 0 unspecified atom stereocenters. The van der Waals surface area contributed by atoms with E-state index >= 15 is 0 Å². The first kappa shape index (κ1) is 26.9. The van der Waals surface area contributed by atoms with Gasteiger partial charge in [-0.1, -0.05) is 37.1 Å². The number of carbonyl (C=O) groups is 3. The van der Waals surface area contributed by atoms with Crippen molar-refractivity contribution in [3.8, 4) is 0 Å². The summed E-state index contributed by atoms with van der Waals surface area (Å²) in [6.07, 6.45) is 0.693. The first-order valence-electron chi connectivity index (χ1n) is 12.8. The second-order valence-corrected chi connectivity index (χ2v) is 9.95. The van der Waals surface area contributed by atoms with Crippen molar-refractivity contribution in [2.45, 2.75) is 56.8 Å². The minimum Gasteiger partial charge on any atom is -0.348 e. The molecule has 1 heterocycles. The summed E-state index contributed by atoms with van der Waals surface area (Å²) in [7, 11) is 0. The predicted molar refractivity (Wildman–Crippen MR) is 133 cm³/mol. The Morgan fingerprint density at radius 1 is 0.892 bits per heavy atom. The van der Waals surface area contributed by atoms with Crippen LogP contribution in [-0.4, -0.2) is 54.2 Å². The van der Waals surface area contributed by atoms with Crippen LogP contribution in [0, 0.1) is 5.92 Å². The largest absolute Gasteiger partial charge is 0.416 e. The molecule has 1 saturated carbocycles. The average molecular weight is 516 g/mol. The van der Waals surface area contributed by atoms with Crippen LogP contribution in [-0.2, 0) is 11.0 Å². The lowest BCUT2D eigenvalue weighted by Gasteiger charge is -2.38. The Kier molecular flexibility index (Phi) is 8.63. The van der Waals surface area contributed by atoms with Crippen LogP contribution in [0.3, 0.4) is 0 Å². The molecule has 2 amide bonds. The standard InChI is InChI=1S/C28H32F3N3O3/c29-28(30,31)22-10-6-9-21(16-22)26(36)32-17-23(35)15-19-13-14-34(18-19)25-12-5-4-11-24(25)33-27(37)20-7-2-1-3-8-20/h1-3,6-10,16,19,24-25H,4-5,11-15,17-18H2,(H,32,36)(H,33,37)/t19-,24+,25-/m0/s1. The third-order valence-electron chi connectivity index (χ3n) is 7.28. The van der Waals surface area contributed by atoms with Crippen LogP contribution in [0.15, 0.2) is 54.6 Å². The van der Waals surface area contributed by atoms with Gasteiger partial charge in [-0.15, -0.1) is 0 Å². The van der Waals surface area contributed by atoms with Gasteiger partial charge in [-0.05, 0) is 62.1 Å². The first-order valence-corrected chi connectivity index (χ1v) is 12.8. The molecule has 3 atom stereocenters. The molecule has 6 nitrogen and oxygen atoms in total. The lowest BCUT2D eigenvalue weighted by atomic mass is 9.89. The summed E-state index contributed by atoms with van der Waals surface area (Å²) < 4.78 is 38.7. The number of likely N-dealkylation sites (tertiary alicyclic amines) is 1. The molecule has 0 radical (unpaired) electrons. The molecule has 1 saturated heterocycles. The molecule has 0 bridgehead atoms. The number of amides is 2. The maximum absolute atomic E-state index is 12.9. The average Bonchev–Trinajstić information content (AvgIpc) is 3.35. The number of Topliss-reactive ketones (excluding diaryl/α,β-unsaturated/α-hetero) is 1. The Labute approximate surface area is 214 Å². The van der Waals surface area contributed by atoms with Gasteiger partial charge in [0.05, 0.1) is 12.1 Å². The summed E-state index contributed by atoms with van der Waals surface area (Å²) in [4.78, 5) is 39.9. The molecule has 37 heavy (non-hydrogen) atoms. The molecule has 0 spiro atoms. The molecule has 2 fully saturated rings. The number of alkyl halides is 3. The molecule has 1 aliphatic carbocycles. The van der Waals surface area contributed by atoms with E-state index in [1.54, 1.807) is 12.1 Å². The van der Waals surface area contributed by atoms with Crippen molar-refractivity contribution in [1.82, 2.24) is 15.5 Å². The van der Waals surface area contributed by atoms with Crippen LogP contribution in [0.4, 0.5) is 13.2 Å². The highest BCUT2D eigenvalue weighted by Gasteiger charge is 2.36. The fourth-order valence-corrected chi connectivity index (χ4v) is 5.40. The van der Waals surface area contributed by atoms with Crippen molar-refractivity contribution in [3.05, 3.63) is 71.3 Å².